The maximum atomic E-state index is 13.2. The number of piperidine rings is 1. The van der Waals surface area contributed by atoms with Gasteiger partial charge < -0.3 is 4.90 Å². The number of aromatic nitrogens is 4. The van der Waals surface area contributed by atoms with E-state index in [4.69, 9.17) is 0 Å². The number of carbonyl (C=O) groups is 2. The van der Waals surface area contributed by atoms with Crippen molar-refractivity contribution in [1.29, 1.82) is 0 Å². The third kappa shape index (κ3) is 3.63. The molecular weight excluding hydrogens is 418 g/mol. The van der Waals surface area contributed by atoms with Gasteiger partial charge in [0, 0.05) is 63.5 Å². The van der Waals surface area contributed by atoms with Crippen LogP contribution in [0.15, 0.2) is 59.7 Å². The predicted octanol–water partition coefficient (Wildman–Crippen LogP) is 2.81. The van der Waals surface area contributed by atoms with E-state index in [0.29, 0.717) is 42.6 Å². The van der Waals surface area contributed by atoms with Gasteiger partial charge in [-0.15, -0.1) is 0 Å². The van der Waals surface area contributed by atoms with Crippen LogP contribution in [0.25, 0.3) is 33.4 Å². The number of benzene rings is 2. The van der Waals surface area contributed by atoms with Crippen molar-refractivity contribution in [3.8, 4) is 22.4 Å². The van der Waals surface area contributed by atoms with Gasteiger partial charge in [-0.3, -0.25) is 33.7 Å². The number of fused-ring (bicyclic) bond motifs is 1. The van der Waals surface area contributed by atoms with Crippen LogP contribution >= 0.6 is 0 Å². The number of Topliss-reactive ketones (excluding diaryl/α,β-unsaturated/α-hetero) is 1. The zero-order valence-corrected chi connectivity index (χ0v) is 18.5. The topological polar surface area (TPSA) is 90.1 Å². The van der Waals surface area contributed by atoms with Crippen LogP contribution in [0, 0.1) is 0 Å². The van der Waals surface area contributed by atoms with Gasteiger partial charge in [0.25, 0.3) is 11.5 Å². The van der Waals surface area contributed by atoms with Crippen LogP contribution in [-0.2, 0) is 18.9 Å². The Labute approximate surface area is 190 Å². The lowest BCUT2D eigenvalue weighted by atomic mass is 9.98. The molecule has 0 spiro atoms. The van der Waals surface area contributed by atoms with E-state index >= 15 is 0 Å². The molecule has 2 aromatic carbocycles. The Balaban J connectivity index is 1.61. The summed E-state index contributed by atoms with van der Waals surface area (Å²) in [7, 11) is 3.55. The van der Waals surface area contributed by atoms with Crippen LogP contribution < -0.4 is 5.56 Å². The van der Waals surface area contributed by atoms with E-state index in [-0.39, 0.29) is 17.2 Å². The van der Waals surface area contributed by atoms with Crippen LogP contribution in [0.3, 0.4) is 0 Å². The van der Waals surface area contributed by atoms with Crippen molar-refractivity contribution in [2.45, 2.75) is 12.8 Å². The van der Waals surface area contributed by atoms with Crippen LogP contribution in [0.1, 0.15) is 23.2 Å². The normalized spacial score (nSPS) is 14.1. The first-order chi connectivity index (χ1) is 15.9. The number of ketones is 1. The van der Waals surface area contributed by atoms with Gasteiger partial charge in [-0.2, -0.15) is 0 Å². The summed E-state index contributed by atoms with van der Waals surface area (Å²) in [6.07, 6.45) is 4.06. The molecule has 1 amide bonds. The van der Waals surface area contributed by atoms with E-state index in [1.165, 1.54) is 0 Å². The van der Waals surface area contributed by atoms with E-state index in [1.54, 1.807) is 51.9 Å². The minimum Gasteiger partial charge on any atom is -0.338 e. The second kappa shape index (κ2) is 8.12. The van der Waals surface area contributed by atoms with Crippen molar-refractivity contribution >= 4 is 22.7 Å². The summed E-state index contributed by atoms with van der Waals surface area (Å²) in [5.74, 6) is 0.0601. The predicted molar refractivity (Wildman–Crippen MR) is 125 cm³/mol. The maximum absolute atomic E-state index is 13.2. The minimum absolute atomic E-state index is 0.125. The summed E-state index contributed by atoms with van der Waals surface area (Å²) in [6, 6.07) is 12.9. The molecule has 0 bridgehead atoms. The number of likely N-dealkylation sites (tertiary alicyclic amines) is 1. The van der Waals surface area contributed by atoms with Crippen molar-refractivity contribution in [1.82, 2.24) is 24.2 Å². The van der Waals surface area contributed by atoms with E-state index in [2.05, 4.69) is 9.97 Å². The molecule has 0 N–H and O–H groups in total. The van der Waals surface area contributed by atoms with Crippen molar-refractivity contribution < 1.29 is 9.59 Å². The van der Waals surface area contributed by atoms with Crippen LogP contribution in [-0.4, -0.2) is 49.0 Å². The maximum Gasteiger partial charge on any atom is 0.274 e. The molecule has 2 aromatic heterocycles. The molecule has 8 nitrogen and oxygen atoms in total. The molecule has 166 valence electrons. The Bertz CT molecular complexity index is 1460. The average Bonchev–Trinajstić information content (AvgIpc) is 3.07. The number of rotatable bonds is 3. The lowest BCUT2D eigenvalue weighted by Crippen LogP contribution is -2.38. The number of nitrogens with zero attached hydrogens (tertiary/aromatic N) is 5. The van der Waals surface area contributed by atoms with Gasteiger partial charge in [-0.05, 0) is 29.8 Å². The zero-order valence-electron chi connectivity index (χ0n) is 18.5. The molecule has 3 heterocycles. The smallest absolute Gasteiger partial charge is 0.274 e. The summed E-state index contributed by atoms with van der Waals surface area (Å²) in [4.78, 5) is 48.3. The van der Waals surface area contributed by atoms with Gasteiger partial charge in [0.1, 0.15) is 5.78 Å². The lowest BCUT2D eigenvalue weighted by Gasteiger charge is -2.26. The first kappa shape index (κ1) is 20.8. The molecule has 1 fully saturated rings. The largest absolute Gasteiger partial charge is 0.338 e. The average molecular weight is 441 g/mol. The SMILES string of the molecule is Cn1c(-c2ccc3nccnc3c2)c(-c2cccc(C(=O)N3CCC(=O)CC3)c2)c(=O)n1C. The highest BCUT2D eigenvalue weighted by Gasteiger charge is 2.24. The quantitative estimate of drug-likeness (QED) is 0.488. The van der Waals surface area contributed by atoms with Crippen LogP contribution in [0.5, 0.6) is 0 Å². The van der Waals surface area contributed by atoms with E-state index < -0.39 is 0 Å². The van der Waals surface area contributed by atoms with Gasteiger partial charge in [-0.25, -0.2) is 0 Å². The van der Waals surface area contributed by atoms with Gasteiger partial charge in [0.2, 0.25) is 0 Å². The molecule has 1 saturated heterocycles. The lowest BCUT2D eigenvalue weighted by molar-refractivity contribution is -0.120. The van der Waals surface area contributed by atoms with E-state index in [1.807, 2.05) is 31.3 Å². The zero-order chi connectivity index (χ0) is 23.1. The molecule has 5 rings (SSSR count). The van der Waals surface area contributed by atoms with E-state index in [0.717, 1.165) is 22.3 Å². The molecule has 0 atom stereocenters. The highest BCUT2D eigenvalue weighted by molar-refractivity contribution is 5.97. The standard InChI is InChI=1S/C25H23N5O3/c1-28-23(17-6-7-20-21(15-17)27-11-10-26-20)22(25(33)29(28)2)16-4-3-5-18(14-16)24(32)30-12-8-19(31)9-13-30/h3-7,10-11,14-15H,8-9,12-13H2,1-2H3. The van der Waals surface area contributed by atoms with Crippen molar-refractivity contribution in [3.63, 3.8) is 0 Å². The molecule has 1 aliphatic heterocycles. The molecular formula is C25H23N5O3. The van der Waals surface area contributed by atoms with E-state index in [9.17, 15) is 14.4 Å². The Kier molecular flexibility index (Phi) is 5.12. The molecule has 4 aromatic rings. The van der Waals surface area contributed by atoms with Crippen molar-refractivity contribution in [2.24, 2.45) is 14.1 Å². The summed E-state index contributed by atoms with van der Waals surface area (Å²) < 4.78 is 3.36. The van der Waals surface area contributed by atoms with Gasteiger partial charge in [-0.1, -0.05) is 18.2 Å². The number of amides is 1. The van der Waals surface area contributed by atoms with Gasteiger partial charge in [0.15, 0.2) is 0 Å². The molecule has 0 saturated carbocycles. The second-order valence-corrected chi connectivity index (χ2v) is 8.25. The number of hydrogen-bond acceptors (Lipinski definition) is 5. The Morgan fingerprint density at radius 2 is 1.58 bits per heavy atom. The molecule has 33 heavy (non-hydrogen) atoms. The molecule has 0 unspecified atom stereocenters. The molecule has 0 aliphatic carbocycles. The summed E-state index contributed by atoms with van der Waals surface area (Å²) in [5, 5.41) is 0. The Morgan fingerprint density at radius 1 is 0.848 bits per heavy atom. The van der Waals surface area contributed by atoms with Gasteiger partial charge >= 0.3 is 0 Å². The highest BCUT2D eigenvalue weighted by Crippen LogP contribution is 2.31. The fraction of sp³-hybridized carbons (Fsp3) is 0.240. The summed E-state index contributed by atoms with van der Waals surface area (Å²) in [6.45, 7) is 0.858. The fourth-order valence-corrected chi connectivity index (χ4v) is 4.36. The molecule has 0 radical (unpaired) electrons. The second-order valence-electron chi connectivity index (χ2n) is 8.25. The van der Waals surface area contributed by atoms with Crippen LogP contribution in [0.2, 0.25) is 0 Å². The van der Waals surface area contributed by atoms with Crippen LogP contribution in [0.4, 0.5) is 0 Å². The number of carbonyl (C=O) groups excluding carboxylic acids is 2. The Morgan fingerprint density at radius 3 is 2.33 bits per heavy atom. The first-order valence-electron chi connectivity index (χ1n) is 10.8. The third-order valence-corrected chi connectivity index (χ3v) is 6.27. The minimum atomic E-state index is -0.153. The van der Waals surface area contributed by atoms with Gasteiger partial charge in [0.05, 0.1) is 22.3 Å². The molecule has 8 heteroatoms. The number of hydrogen-bond donors (Lipinski definition) is 0. The first-order valence-corrected chi connectivity index (χ1v) is 10.8. The Hall–Kier alpha value is -4.07. The monoisotopic (exact) mass is 441 g/mol. The third-order valence-electron chi connectivity index (χ3n) is 6.27. The highest BCUT2D eigenvalue weighted by atomic mass is 16.2. The molecule has 1 aliphatic rings. The summed E-state index contributed by atoms with van der Waals surface area (Å²) >= 11 is 0. The van der Waals surface area contributed by atoms with Crippen molar-refractivity contribution in [3.05, 3.63) is 70.8 Å². The van der Waals surface area contributed by atoms with Crippen molar-refractivity contribution in [2.75, 3.05) is 13.1 Å². The summed E-state index contributed by atoms with van der Waals surface area (Å²) in [5.41, 5.74) is 4.63. The fourth-order valence-electron chi connectivity index (χ4n) is 4.36.